The van der Waals surface area contributed by atoms with E-state index >= 15 is 0 Å². The van der Waals surface area contributed by atoms with Crippen LogP contribution in [0.25, 0.3) is 16.6 Å². The molecule has 0 bridgehead atoms. The van der Waals surface area contributed by atoms with Gasteiger partial charge in [-0.1, -0.05) is 37.6 Å². The van der Waals surface area contributed by atoms with Crippen LogP contribution >= 0.6 is 11.6 Å². The van der Waals surface area contributed by atoms with Gasteiger partial charge in [-0.3, -0.25) is 9.69 Å². The third kappa shape index (κ3) is 11.5. The van der Waals surface area contributed by atoms with Gasteiger partial charge in [-0.05, 0) is 122 Å². The number of hydrogen-bond donors (Lipinski definition) is 6. The van der Waals surface area contributed by atoms with E-state index in [4.69, 9.17) is 35.5 Å². The largest absolute Gasteiger partial charge is 0.595 e. The number of rotatable bonds is 10. The molecule has 3 saturated heterocycles. The van der Waals surface area contributed by atoms with Gasteiger partial charge in [-0.25, -0.2) is 18.3 Å². The van der Waals surface area contributed by atoms with Crippen molar-refractivity contribution in [3.05, 3.63) is 106 Å². The molecule has 3 aromatic carbocycles. The standard InChI is InChI=1S/C53H65ClN8O10S/c1-52(2)27-42(34-6-8-36(54)9-7-34)43-31-60-20-19-59(30-38(60)32-69-21-5-23-70-48(43)28-52)37-10-12-41(45(25-37)61-18-4-22-71-51-47(61)24-35-15-17-55-49(35)57-51)50(63)58-73(67,68)40-11-13-44(46(26-40)62(65)66)56-29-39-14-16-53(3,64)33-72-39/h6-13,15,17,24-26,38-39,48,56,62,64-65H,4-5,14,16,18-23,27-33H2,1-3H3,(H,55,57)(H,58,63)/t38?,39?,48-,53+/m1/s1. The molecule has 390 valence electrons. The topological polar surface area (TPSA) is 219 Å². The minimum Gasteiger partial charge on any atom is -0.595 e. The molecule has 4 aliphatic heterocycles. The van der Waals surface area contributed by atoms with Crippen LogP contribution in [0.2, 0.25) is 5.02 Å². The Kier molecular flexibility index (Phi) is 14.8. The number of sulfonamides is 1. The van der Waals surface area contributed by atoms with Crippen LogP contribution in [0.15, 0.2) is 89.5 Å². The van der Waals surface area contributed by atoms with E-state index in [1.54, 1.807) is 19.2 Å². The average Bonchev–Trinajstić information content (AvgIpc) is 3.71. The number of piperazine rings is 1. The number of H-pyrrole nitrogens is 1. The Balaban J connectivity index is 0.956. The first-order chi connectivity index (χ1) is 35.0. The molecule has 5 aromatic rings. The molecule has 0 spiro atoms. The van der Waals surface area contributed by atoms with Crippen molar-refractivity contribution in [3.63, 3.8) is 0 Å². The summed E-state index contributed by atoms with van der Waals surface area (Å²) in [7, 11) is -4.61. The number of halogens is 1. The lowest BCUT2D eigenvalue weighted by Crippen LogP contribution is -2.99. The van der Waals surface area contributed by atoms with Crippen molar-refractivity contribution < 1.29 is 47.7 Å². The highest BCUT2D eigenvalue weighted by Gasteiger charge is 2.39. The summed E-state index contributed by atoms with van der Waals surface area (Å²) in [5.74, 6) is -0.523. The maximum Gasteiger partial charge on any atom is 0.267 e. The van der Waals surface area contributed by atoms with Crippen LogP contribution in [0.4, 0.5) is 28.4 Å². The van der Waals surface area contributed by atoms with Gasteiger partial charge in [0, 0.05) is 80.8 Å². The SMILES string of the molecule is CC1(C)CC(c2ccc(Cl)cc2)=C2CN3CCN(c4ccc(C(=O)NS(=O)(=O)c5ccc(NCC6CC[C@](C)(O)CO6)c([NH+]([O-])O)c5)c(N5CCCOc6nc7[nH]ccc7cc65)c4)CC3COCCCO[C@@H]2C1. The summed E-state index contributed by atoms with van der Waals surface area (Å²) < 4.78 is 55.6. The second kappa shape index (κ2) is 21.1. The number of nitrogens with zero attached hydrogens (tertiary/aromatic N) is 4. The van der Waals surface area contributed by atoms with Gasteiger partial charge >= 0.3 is 0 Å². The number of pyridine rings is 1. The third-order valence-electron chi connectivity index (χ3n) is 14.7. The molecule has 0 radical (unpaired) electrons. The number of quaternary nitrogens is 1. The number of amides is 1. The van der Waals surface area contributed by atoms with Crippen molar-refractivity contribution in [1.82, 2.24) is 19.6 Å². The molecule has 20 heteroatoms. The first-order valence-electron chi connectivity index (χ1n) is 25.2. The van der Waals surface area contributed by atoms with Crippen molar-refractivity contribution >= 4 is 72.6 Å². The minimum absolute atomic E-state index is 0.00634. The number of aliphatic hydroxyl groups is 1. The molecule has 18 nitrogen and oxygen atoms in total. The molecule has 73 heavy (non-hydrogen) atoms. The second-order valence-corrected chi connectivity index (χ2v) is 23.1. The van der Waals surface area contributed by atoms with Gasteiger partial charge in [0.05, 0.1) is 65.5 Å². The molecule has 0 saturated carbocycles. The number of nitrogens with one attached hydrogen (secondary N) is 4. The molecule has 1 aliphatic carbocycles. The van der Waals surface area contributed by atoms with Crippen LogP contribution in [0, 0.1) is 10.6 Å². The van der Waals surface area contributed by atoms with Crippen LogP contribution in [0.5, 0.6) is 5.88 Å². The van der Waals surface area contributed by atoms with E-state index < -0.39 is 31.7 Å². The Morgan fingerprint density at radius 1 is 0.986 bits per heavy atom. The molecule has 10 rings (SSSR count). The fourth-order valence-electron chi connectivity index (χ4n) is 10.8. The number of allylic oxidation sites excluding steroid dienone is 1. The van der Waals surface area contributed by atoms with Crippen LogP contribution in [-0.2, 0) is 24.2 Å². The maximum absolute atomic E-state index is 14.6. The maximum atomic E-state index is 14.6. The fourth-order valence-corrected chi connectivity index (χ4v) is 11.9. The van der Waals surface area contributed by atoms with Gasteiger partial charge in [-0.15, -0.1) is 0 Å². The Morgan fingerprint density at radius 3 is 2.62 bits per heavy atom. The van der Waals surface area contributed by atoms with Crippen LogP contribution in [-0.4, -0.2) is 136 Å². The van der Waals surface area contributed by atoms with Gasteiger partial charge in [0.15, 0.2) is 5.69 Å². The zero-order valence-corrected chi connectivity index (χ0v) is 43.1. The van der Waals surface area contributed by atoms with Crippen LogP contribution in [0.1, 0.15) is 75.2 Å². The van der Waals surface area contributed by atoms with Gasteiger partial charge in [0.1, 0.15) is 11.3 Å². The highest BCUT2D eigenvalue weighted by atomic mass is 35.5. The number of hydrogen-bond acceptors (Lipinski definition) is 15. The Labute approximate surface area is 430 Å². The van der Waals surface area contributed by atoms with E-state index in [-0.39, 0.29) is 53.8 Å². The van der Waals surface area contributed by atoms with Gasteiger partial charge in [0.25, 0.3) is 15.9 Å². The van der Waals surface area contributed by atoms with Crippen molar-refractivity contribution in [2.45, 2.75) is 88.0 Å². The van der Waals surface area contributed by atoms with Gasteiger partial charge in [0.2, 0.25) is 5.88 Å². The molecule has 2 aromatic heterocycles. The third-order valence-corrected chi connectivity index (χ3v) is 16.3. The Hall–Kier alpha value is -5.32. The van der Waals surface area contributed by atoms with Gasteiger partial charge in [-0.2, -0.15) is 10.2 Å². The van der Waals surface area contributed by atoms with Gasteiger partial charge < -0.3 is 49.4 Å². The zero-order valence-electron chi connectivity index (χ0n) is 41.5. The Bertz CT molecular complexity index is 2960. The van der Waals surface area contributed by atoms with E-state index in [0.29, 0.717) is 93.2 Å². The normalized spacial score (nSPS) is 24.6. The summed E-state index contributed by atoms with van der Waals surface area (Å²) in [5, 5.41) is 36.3. The van der Waals surface area contributed by atoms with Crippen LogP contribution in [0.3, 0.4) is 0 Å². The summed E-state index contributed by atoms with van der Waals surface area (Å²) in [6.45, 7) is 11.9. The fraction of sp³-hybridized carbons (Fsp3) is 0.472. The van der Waals surface area contributed by atoms with E-state index in [1.807, 2.05) is 41.3 Å². The monoisotopic (exact) mass is 1040 g/mol. The number of anilines is 4. The first kappa shape index (κ1) is 51.2. The molecule has 6 heterocycles. The molecule has 3 fully saturated rings. The number of aromatic amines is 1. The van der Waals surface area contributed by atoms with Crippen molar-refractivity contribution in [2.24, 2.45) is 5.41 Å². The number of carbonyl (C=O) groups excluding carboxylic acids is 1. The number of benzene rings is 3. The lowest BCUT2D eigenvalue weighted by Gasteiger charge is -2.45. The van der Waals surface area contributed by atoms with Crippen LogP contribution < -0.4 is 29.8 Å². The lowest BCUT2D eigenvalue weighted by molar-refractivity contribution is -0.990. The predicted molar refractivity (Wildman–Crippen MR) is 279 cm³/mol. The van der Waals surface area contributed by atoms with E-state index in [9.17, 15) is 28.7 Å². The number of fused-ring (bicyclic) bond motifs is 4. The summed E-state index contributed by atoms with van der Waals surface area (Å²) in [5.41, 5.74) is 5.41. The molecule has 5 atom stereocenters. The second-order valence-electron chi connectivity index (χ2n) is 21.0. The predicted octanol–water partition coefficient (Wildman–Crippen LogP) is 6.57. The smallest absolute Gasteiger partial charge is 0.267 e. The molecule has 1 amide bonds. The molecular formula is C53H65ClN8O10S. The molecule has 6 N–H and O–H groups in total. The van der Waals surface area contributed by atoms with Crippen molar-refractivity contribution in [2.75, 3.05) is 87.4 Å². The summed E-state index contributed by atoms with van der Waals surface area (Å²) >= 11 is 6.38. The number of aromatic nitrogens is 2. The van der Waals surface area contributed by atoms with Crippen molar-refractivity contribution in [3.8, 4) is 5.88 Å². The molecular weight excluding hydrogens is 976 g/mol. The highest BCUT2D eigenvalue weighted by Crippen LogP contribution is 2.46. The quantitative estimate of drug-likeness (QED) is 0.0816. The number of carbonyl (C=O) groups is 1. The summed E-state index contributed by atoms with van der Waals surface area (Å²) in [4.78, 5) is 28.9. The molecule has 3 unspecified atom stereocenters. The van der Waals surface area contributed by atoms with E-state index in [0.717, 1.165) is 55.1 Å². The Morgan fingerprint density at radius 2 is 1.82 bits per heavy atom. The minimum atomic E-state index is -4.61. The van der Waals surface area contributed by atoms with E-state index in [1.165, 1.54) is 23.3 Å². The average molecular weight is 1040 g/mol. The summed E-state index contributed by atoms with van der Waals surface area (Å²) in [6, 6.07) is 21.1. The summed E-state index contributed by atoms with van der Waals surface area (Å²) in [6.07, 6.45) is 5.74. The highest BCUT2D eigenvalue weighted by molar-refractivity contribution is 7.90. The van der Waals surface area contributed by atoms with Crippen molar-refractivity contribution in [1.29, 1.82) is 0 Å². The molecule has 5 aliphatic rings. The lowest BCUT2D eigenvalue weighted by atomic mass is 9.71. The first-order valence-corrected chi connectivity index (χ1v) is 27.1. The zero-order chi connectivity index (χ0) is 51.1. The van der Waals surface area contributed by atoms with E-state index in [2.05, 4.69) is 50.8 Å². The number of ether oxygens (including phenoxy) is 4.